The summed E-state index contributed by atoms with van der Waals surface area (Å²) in [5.74, 6) is 2.86. The predicted octanol–water partition coefficient (Wildman–Crippen LogP) is 4.80. The van der Waals surface area contributed by atoms with Gasteiger partial charge in [0.25, 0.3) is 0 Å². The molecule has 0 amide bonds. The molecule has 1 nitrogen and oxygen atoms in total. The molecule has 4 atom stereocenters. The first-order valence-electron chi connectivity index (χ1n) is 7.31. The third-order valence-corrected chi connectivity index (χ3v) is 5.83. The number of fused-ring (bicyclic) bond motifs is 2. The van der Waals surface area contributed by atoms with Gasteiger partial charge in [-0.05, 0) is 67.6 Å². The molecule has 0 aliphatic heterocycles. The smallest absolute Gasteiger partial charge is 0.0449 e. The molecule has 0 spiro atoms. The second kappa shape index (κ2) is 5.75. The molecule has 3 rings (SSSR count). The van der Waals surface area contributed by atoms with Crippen molar-refractivity contribution in [3.8, 4) is 0 Å². The second-order valence-electron chi connectivity index (χ2n) is 6.37. The SMILES string of the molecule is NC(Cc1ccc(Br)cc1Cl)CC1CC2CCC1C2. The zero-order valence-electron chi connectivity index (χ0n) is 11.1. The molecular formula is C16H21BrClN. The first kappa shape index (κ1) is 13.9. The van der Waals surface area contributed by atoms with E-state index in [-0.39, 0.29) is 6.04 Å². The topological polar surface area (TPSA) is 26.0 Å². The van der Waals surface area contributed by atoms with Crippen LogP contribution in [-0.2, 0) is 6.42 Å². The van der Waals surface area contributed by atoms with Crippen molar-refractivity contribution in [3.63, 3.8) is 0 Å². The van der Waals surface area contributed by atoms with Crippen LogP contribution in [0, 0.1) is 17.8 Å². The van der Waals surface area contributed by atoms with Crippen LogP contribution >= 0.6 is 27.5 Å². The Morgan fingerprint density at radius 3 is 2.79 bits per heavy atom. The molecule has 104 valence electrons. The molecule has 0 radical (unpaired) electrons. The molecule has 3 heteroatoms. The van der Waals surface area contributed by atoms with Gasteiger partial charge in [-0.2, -0.15) is 0 Å². The van der Waals surface area contributed by atoms with Crippen LogP contribution in [0.3, 0.4) is 0 Å². The van der Waals surface area contributed by atoms with Crippen LogP contribution in [0.4, 0.5) is 0 Å². The molecule has 1 aromatic carbocycles. The molecule has 2 aliphatic carbocycles. The Kier molecular flexibility index (Phi) is 4.21. The van der Waals surface area contributed by atoms with Gasteiger partial charge in [-0.25, -0.2) is 0 Å². The maximum absolute atomic E-state index is 6.35. The lowest BCUT2D eigenvalue weighted by molar-refractivity contribution is 0.294. The molecule has 0 aromatic heterocycles. The Balaban J connectivity index is 1.57. The molecule has 2 saturated carbocycles. The largest absolute Gasteiger partial charge is 0.327 e. The summed E-state index contributed by atoms with van der Waals surface area (Å²) in [4.78, 5) is 0. The van der Waals surface area contributed by atoms with Crippen LogP contribution in [0.1, 0.15) is 37.7 Å². The van der Waals surface area contributed by atoms with Gasteiger partial charge in [0, 0.05) is 15.5 Å². The first-order chi connectivity index (χ1) is 9.11. The van der Waals surface area contributed by atoms with E-state index in [4.69, 9.17) is 17.3 Å². The van der Waals surface area contributed by atoms with Crippen LogP contribution in [-0.4, -0.2) is 6.04 Å². The van der Waals surface area contributed by atoms with Crippen molar-refractivity contribution in [1.82, 2.24) is 0 Å². The number of benzene rings is 1. The van der Waals surface area contributed by atoms with Crippen LogP contribution in [0.2, 0.25) is 5.02 Å². The molecule has 2 fully saturated rings. The maximum Gasteiger partial charge on any atom is 0.0449 e. The number of rotatable bonds is 4. The van der Waals surface area contributed by atoms with E-state index in [0.29, 0.717) is 0 Å². The summed E-state index contributed by atoms with van der Waals surface area (Å²) in [7, 11) is 0. The standard InChI is InChI=1S/C16H21BrClN/c17-14-4-3-12(16(18)9-14)7-15(19)8-13-6-10-1-2-11(13)5-10/h3-4,9-11,13,15H,1-2,5-8,19H2. The fourth-order valence-corrected chi connectivity index (χ4v) is 4.86. The minimum absolute atomic E-state index is 0.253. The van der Waals surface area contributed by atoms with Crippen LogP contribution < -0.4 is 5.73 Å². The van der Waals surface area contributed by atoms with Crippen LogP contribution in [0.5, 0.6) is 0 Å². The Bertz CT molecular complexity index is 462. The molecule has 0 saturated heterocycles. The Hall–Kier alpha value is -0.0500. The minimum atomic E-state index is 0.253. The molecule has 2 bridgehead atoms. The highest BCUT2D eigenvalue weighted by Gasteiger charge is 2.39. The van der Waals surface area contributed by atoms with Gasteiger partial charge >= 0.3 is 0 Å². The van der Waals surface area contributed by atoms with Crippen LogP contribution in [0.15, 0.2) is 22.7 Å². The maximum atomic E-state index is 6.35. The number of hydrogen-bond acceptors (Lipinski definition) is 1. The van der Waals surface area contributed by atoms with Crippen molar-refractivity contribution < 1.29 is 0 Å². The number of nitrogens with two attached hydrogens (primary N) is 1. The van der Waals surface area contributed by atoms with Gasteiger partial charge in [0.05, 0.1) is 0 Å². The van der Waals surface area contributed by atoms with E-state index in [0.717, 1.165) is 33.7 Å². The Labute approximate surface area is 129 Å². The molecule has 2 aliphatic rings. The lowest BCUT2D eigenvalue weighted by Gasteiger charge is -2.25. The zero-order chi connectivity index (χ0) is 13.4. The minimum Gasteiger partial charge on any atom is -0.327 e. The third kappa shape index (κ3) is 3.17. The summed E-state index contributed by atoms with van der Waals surface area (Å²) in [6.45, 7) is 0. The van der Waals surface area contributed by atoms with Crippen molar-refractivity contribution in [2.75, 3.05) is 0 Å². The summed E-state index contributed by atoms with van der Waals surface area (Å²) in [5, 5.41) is 0.831. The Morgan fingerprint density at radius 1 is 1.32 bits per heavy atom. The number of halogens is 2. The average molecular weight is 343 g/mol. The van der Waals surface area contributed by atoms with Gasteiger partial charge in [-0.1, -0.05) is 40.0 Å². The highest BCUT2D eigenvalue weighted by molar-refractivity contribution is 9.10. The van der Waals surface area contributed by atoms with Gasteiger partial charge in [0.2, 0.25) is 0 Å². The molecule has 2 N–H and O–H groups in total. The van der Waals surface area contributed by atoms with E-state index >= 15 is 0 Å². The van der Waals surface area contributed by atoms with Crippen molar-refractivity contribution in [2.45, 2.75) is 44.6 Å². The summed E-state index contributed by atoms with van der Waals surface area (Å²) in [6.07, 6.45) is 7.88. The summed E-state index contributed by atoms with van der Waals surface area (Å²) >= 11 is 9.71. The first-order valence-corrected chi connectivity index (χ1v) is 8.48. The lowest BCUT2D eigenvalue weighted by atomic mass is 9.83. The second-order valence-corrected chi connectivity index (χ2v) is 7.69. The van der Waals surface area contributed by atoms with Crippen molar-refractivity contribution in [3.05, 3.63) is 33.3 Å². The molecule has 0 heterocycles. The molecular weight excluding hydrogens is 322 g/mol. The average Bonchev–Trinajstić information content (AvgIpc) is 2.95. The fourth-order valence-electron chi connectivity index (χ4n) is 4.11. The van der Waals surface area contributed by atoms with Gasteiger partial charge in [0.1, 0.15) is 0 Å². The van der Waals surface area contributed by atoms with Crippen molar-refractivity contribution >= 4 is 27.5 Å². The zero-order valence-corrected chi connectivity index (χ0v) is 13.5. The van der Waals surface area contributed by atoms with Gasteiger partial charge in [-0.15, -0.1) is 0 Å². The molecule has 4 unspecified atom stereocenters. The summed E-state index contributed by atoms with van der Waals surface area (Å²) in [5.41, 5.74) is 7.53. The highest BCUT2D eigenvalue weighted by atomic mass is 79.9. The van der Waals surface area contributed by atoms with Gasteiger partial charge in [-0.3, -0.25) is 0 Å². The molecule has 1 aromatic rings. The summed E-state index contributed by atoms with van der Waals surface area (Å²) < 4.78 is 1.03. The Morgan fingerprint density at radius 2 is 2.16 bits per heavy atom. The van der Waals surface area contributed by atoms with E-state index in [9.17, 15) is 0 Å². The number of hydrogen-bond donors (Lipinski definition) is 1. The third-order valence-electron chi connectivity index (χ3n) is 4.99. The van der Waals surface area contributed by atoms with Crippen molar-refractivity contribution in [1.29, 1.82) is 0 Å². The van der Waals surface area contributed by atoms with Gasteiger partial charge < -0.3 is 5.73 Å². The summed E-state index contributed by atoms with van der Waals surface area (Å²) in [6, 6.07) is 6.35. The highest BCUT2D eigenvalue weighted by Crippen LogP contribution is 2.49. The quantitative estimate of drug-likeness (QED) is 0.835. The lowest BCUT2D eigenvalue weighted by Crippen LogP contribution is -2.28. The normalized spacial score (nSPS) is 30.8. The van der Waals surface area contributed by atoms with Gasteiger partial charge in [0.15, 0.2) is 0 Å². The predicted molar refractivity (Wildman–Crippen MR) is 84.4 cm³/mol. The molecule has 19 heavy (non-hydrogen) atoms. The van der Waals surface area contributed by atoms with Crippen molar-refractivity contribution in [2.24, 2.45) is 23.5 Å². The van der Waals surface area contributed by atoms with E-state index in [1.807, 2.05) is 12.1 Å². The van der Waals surface area contributed by atoms with E-state index in [1.165, 1.54) is 37.7 Å². The monoisotopic (exact) mass is 341 g/mol. The van der Waals surface area contributed by atoms with E-state index < -0.39 is 0 Å². The fraction of sp³-hybridized carbons (Fsp3) is 0.625. The van der Waals surface area contributed by atoms with Crippen LogP contribution in [0.25, 0.3) is 0 Å². The van der Waals surface area contributed by atoms with E-state index in [1.54, 1.807) is 0 Å². The van der Waals surface area contributed by atoms with E-state index in [2.05, 4.69) is 22.0 Å².